The summed E-state index contributed by atoms with van der Waals surface area (Å²) in [5.74, 6) is -9.54. The molecule has 7 N–H and O–H groups in total. The lowest BCUT2D eigenvalue weighted by atomic mass is 9.36. The number of phenols is 1. The van der Waals surface area contributed by atoms with Crippen molar-refractivity contribution in [2.75, 3.05) is 0 Å². The van der Waals surface area contributed by atoms with Gasteiger partial charge < -0.3 is 31.3 Å². The Labute approximate surface area is 249 Å². The summed E-state index contributed by atoms with van der Waals surface area (Å²) in [4.78, 5) is 52.6. The van der Waals surface area contributed by atoms with Gasteiger partial charge in [0.2, 0.25) is 5.91 Å². The number of phenolic OH excluding ortho intramolecular Hbond substituents is 1. The lowest BCUT2D eigenvalue weighted by Crippen LogP contribution is -2.83. The number of carbonyl (C=O) groups excluding carboxylic acids is 4. The zero-order chi connectivity index (χ0) is 32.1. The number of Topliss-reactive ketones (excluding diaryl/α,β-unsaturated/α-hetero) is 3. The minimum Gasteiger partial charge on any atom is -0.507 e. The molecule has 2 saturated carbocycles. The van der Waals surface area contributed by atoms with E-state index in [1.165, 1.54) is 19.9 Å². The Morgan fingerprint density at radius 1 is 0.977 bits per heavy atom. The Morgan fingerprint density at radius 3 is 2.07 bits per heavy atom. The van der Waals surface area contributed by atoms with Gasteiger partial charge in [-0.3, -0.25) is 19.2 Å². The largest absolute Gasteiger partial charge is 0.507 e. The van der Waals surface area contributed by atoms with Crippen LogP contribution in [0.15, 0.2) is 36.4 Å². The van der Waals surface area contributed by atoms with Gasteiger partial charge in [0.1, 0.15) is 17.8 Å². The van der Waals surface area contributed by atoms with Crippen molar-refractivity contribution >= 4 is 23.3 Å². The third-order valence-electron chi connectivity index (χ3n) is 11.2. The van der Waals surface area contributed by atoms with E-state index in [9.17, 15) is 44.7 Å². The van der Waals surface area contributed by atoms with Crippen LogP contribution in [0.4, 0.5) is 0 Å². The quantitative estimate of drug-likeness (QED) is 0.227. The fraction of sp³-hybridized carbons (Fsp3) is 0.515. The molecule has 2 aromatic carbocycles. The molecule has 1 amide bonds. The molecular formula is C33H39NO9. The van der Waals surface area contributed by atoms with E-state index in [0.29, 0.717) is 22.3 Å². The molecule has 0 aliphatic heterocycles. The molecule has 2 fully saturated rings. The number of fused-ring (bicyclic) bond motifs is 3. The second-order valence-corrected chi connectivity index (χ2v) is 13.4. The molecule has 0 heterocycles. The number of carbonyl (C=O) groups is 4. The molecule has 10 atom stereocenters. The third-order valence-corrected chi connectivity index (χ3v) is 11.2. The first-order valence-corrected chi connectivity index (χ1v) is 14.5. The summed E-state index contributed by atoms with van der Waals surface area (Å²) >= 11 is 0. The zero-order valence-corrected chi connectivity index (χ0v) is 25.0. The van der Waals surface area contributed by atoms with Gasteiger partial charge in [-0.15, -0.1) is 0 Å². The average molecular weight is 594 g/mol. The third kappa shape index (κ3) is 3.67. The molecule has 2 aromatic rings. The number of hydrogen-bond acceptors (Lipinski definition) is 9. The summed E-state index contributed by atoms with van der Waals surface area (Å²) in [5, 5.41) is 59.0. The zero-order valence-electron chi connectivity index (χ0n) is 25.0. The molecule has 230 valence electrons. The number of benzene rings is 2. The van der Waals surface area contributed by atoms with E-state index in [0.717, 1.165) is 0 Å². The number of aliphatic hydroxyl groups is 4. The van der Waals surface area contributed by atoms with Gasteiger partial charge in [-0.1, -0.05) is 65.0 Å². The van der Waals surface area contributed by atoms with Crippen molar-refractivity contribution in [3.05, 3.63) is 53.1 Å². The van der Waals surface area contributed by atoms with Gasteiger partial charge >= 0.3 is 0 Å². The van der Waals surface area contributed by atoms with Crippen LogP contribution in [0.25, 0.3) is 11.1 Å². The Balaban J connectivity index is 1.79. The fourth-order valence-electron chi connectivity index (χ4n) is 8.96. The predicted molar refractivity (Wildman–Crippen MR) is 155 cm³/mol. The number of rotatable bonds is 4. The summed E-state index contributed by atoms with van der Waals surface area (Å²) < 4.78 is 0. The minimum absolute atomic E-state index is 0.114. The molecule has 3 aliphatic carbocycles. The van der Waals surface area contributed by atoms with Crippen LogP contribution in [-0.4, -0.2) is 72.7 Å². The highest BCUT2D eigenvalue weighted by atomic mass is 16.4. The highest BCUT2D eigenvalue weighted by Gasteiger charge is 2.80. The van der Waals surface area contributed by atoms with Gasteiger partial charge in [0.05, 0.1) is 23.7 Å². The molecule has 3 aliphatic rings. The van der Waals surface area contributed by atoms with Crippen molar-refractivity contribution in [3.8, 4) is 16.9 Å². The van der Waals surface area contributed by atoms with Crippen molar-refractivity contribution in [2.24, 2.45) is 40.2 Å². The first-order valence-electron chi connectivity index (χ1n) is 14.5. The van der Waals surface area contributed by atoms with Crippen LogP contribution in [-0.2, 0) is 9.59 Å². The molecule has 5 rings (SSSR count). The first kappa shape index (κ1) is 31.0. The maximum atomic E-state index is 14.4. The highest BCUT2D eigenvalue weighted by Crippen LogP contribution is 2.68. The number of amides is 1. The summed E-state index contributed by atoms with van der Waals surface area (Å²) in [6.07, 6.45) is -5.45. The monoisotopic (exact) mass is 593 g/mol. The number of ketones is 3. The lowest BCUT2D eigenvalue weighted by Gasteiger charge is -2.69. The highest BCUT2D eigenvalue weighted by molar-refractivity contribution is 6.10. The van der Waals surface area contributed by atoms with Crippen molar-refractivity contribution in [2.45, 2.75) is 71.4 Å². The summed E-state index contributed by atoms with van der Waals surface area (Å²) in [6, 6.07) is 9.70. The van der Waals surface area contributed by atoms with Crippen LogP contribution in [0.2, 0.25) is 0 Å². The fourth-order valence-corrected chi connectivity index (χ4v) is 8.96. The van der Waals surface area contributed by atoms with Crippen LogP contribution in [0.3, 0.4) is 0 Å². The van der Waals surface area contributed by atoms with E-state index >= 15 is 0 Å². The maximum absolute atomic E-state index is 14.4. The number of aromatic hydroxyl groups is 1. The van der Waals surface area contributed by atoms with Gasteiger partial charge in [0.25, 0.3) is 0 Å². The van der Waals surface area contributed by atoms with Gasteiger partial charge in [-0.25, -0.2) is 0 Å². The lowest BCUT2D eigenvalue weighted by molar-refractivity contribution is -0.306. The molecular weight excluding hydrogens is 554 g/mol. The molecule has 43 heavy (non-hydrogen) atoms. The van der Waals surface area contributed by atoms with Crippen LogP contribution in [0, 0.1) is 34.5 Å². The molecule has 0 spiro atoms. The molecule has 0 bridgehead atoms. The van der Waals surface area contributed by atoms with Gasteiger partial charge in [0, 0.05) is 16.4 Å². The Bertz CT molecular complexity index is 1550. The van der Waals surface area contributed by atoms with E-state index in [-0.39, 0.29) is 17.1 Å². The number of aliphatic hydroxyl groups excluding tert-OH is 3. The van der Waals surface area contributed by atoms with Crippen molar-refractivity contribution < 1.29 is 44.7 Å². The molecule has 2 unspecified atom stereocenters. The maximum Gasteiger partial charge on any atom is 0.230 e. The topological polar surface area (TPSA) is 195 Å². The summed E-state index contributed by atoms with van der Waals surface area (Å²) in [5.41, 5.74) is 1.19. The molecule has 0 radical (unpaired) electrons. The van der Waals surface area contributed by atoms with Gasteiger partial charge in [-0.05, 0) is 47.4 Å². The Hall–Kier alpha value is -3.44. The van der Waals surface area contributed by atoms with E-state index in [2.05, 4.69) is 0 Å². The molecule has 0 aromatic heterocycles. The molecule has 10 nitrogen and oxygen atoms in total. The minimum atomic E-state index is -2.84. The number of hydrogen-bond donors (Lipinski definition) is 6. The predicted octanol–water partition coefficient (Wildman–Crippen LogP) is 1.97. The number of nitrogens with two attached hydrogens (primary N) is 1. The van der Waals surface area contributed by atoms with Crippen LogP contribution < -0.4 is 5.73 Å². The van der Waals surface area contributed by atoms with E-state index in [1.807, 2.05) is 0 Å². The number of primary amides is 1. The second kappa shape index (κ2) is 9.79. The van der Waals surface area contributed by atoms with Crippen LogP contribution in [0.1, 0.15) is 73.7 Å². The standard InChI is InChI=1S/C33H39NO9/c1-13(2)23-26(38)22(29(34)41)27(39)33(43)28(40)24-25(37)21-19(36)12-11-18(17-9-7-16(8-10-17)15(4)35)20(21)14(3)31(24,5)30(42)32(23,33)6/h7-14,22-24,26,28,30,36,38,40,42-43H,1-6H3,(H2,34,41)/t14-,22-,23+,24-,26?,28?,30-,31+,32+,33+/m1/s1. The SMILES string of the molecule is CC(=O)c1ccc(-c2ccc(O)c3c2[C@@H](C)[C@@]2(C)[C@H](C3=O)C(O)[C@@]3(O)C(=O)[C@H](C(N)=O)C(O)[C@H](C(C)C)[C@@]3(C)[C@@H]2O)cc1. The molecule has 10 heteroatoms. The summed E-state index contributed by atoms with van der Waals surface area (Å²) in [6.45, 7) is 9.59. The van der Waals surface area contributed by atoms with Gasteiger partial charge in [0.15, 0.2) is 23.0 Å². The van der Waals surface area contributed by atoms with Crippen molar-refractivity contribution in [3.63, 3.8) is 0 Å². The smallest absolute Gasteiger partial charge is 0.230 e. The van der Waals surface area contributed by atoms with E-state index in [4.69, 9.17) is 5.73 Å². The first-order chi connectivity index (χ1) is 19.9. The Kier molecular flexibility index (Phi) is 7.05. The normalized spacial score (nSPS) is 38.7. The molecule has 0 saturated heterocycles. The summed E-state index contributed by atoms with van der Waals surface area (Å²) in [7, 11) is 0. The Morgan fingerprint density at radius 2 is 1.56 bits per heavy atom. The van der Waals surface area contributed by atoms with Crippen LogP contribution in [0.5, 0.6) is 5.75 Å². The van der Waals surface area contributed by atoms with E-state index < -0.39 is 81.8 Å². The van der Waals surface area contributed by atoms with Gasteiger partial charge in [-0.2, -0.15) is 0 Å². The van der Waals surface area contributed by atoms with Crippen molar-refractivity contribution in [1.29, 1.82) is 0 Å². The average Bonchev–Trinajstić information content (AvgIpc) is 2.93. The van der Waals surface area contributed by atoms with Crippen molar-refractivity contribution in [1.82, 2.24) is 0 Å². The van der Waals surface area contributed by atoms with Crippen LogP contribution >= 0.6 is 0 Å². The van der Waals surface area contributed by atoms with E-state index in [1.54, 1.807) is 58.0 Å². The second-order valence-electron chi connectivity index (χ2n) is 13.4.